The number of aromatic nitrogens is 3. The van der Waals surface area contributed by atoms with Crippen LogP contribution in [0.4, 0.5) is 0 Å². The van der Waals surface area contributed by atoms with Gasteiger partial charge in [0.1, 0.15) is 0 Å². The first-order chi connectivity index (χ1) is 14.5. The van der Waals surface area contributed by atoms with Crippen molar-refractivity contribution in [3.63, 3.8) is 0 Å². The fourth-order valence-electron chi connectivity index (χ4n) is 3.30. The van der Waals surface area contributed by atoms with Crippen molar-refractivity contribution in [2.75, 3.05) is 14.2 Å². The van der Waals surface area contributed by atoms with E-state index in [1.165, 1.54) is 4.52 Å². The number of H-pyrrole nitrogens is 1. The molecule has 0 fully saturated rings. The monoisotopic (exact) mass is 441 g/mol. The van der Waals surface area contributed by atoms with Crippen LogP contribution in [0.3, 0.4) is 0 Å². The largest absolute Gasteiger partial charge is 0.493 e. The van der Waals surface area contributed by atoms with Gasteiger partial charge in [0.25, 0.3) is 5.56 Å². The highest BCUT2D eigenvalue weighted by molar-refractivity contribution is 7.98. The third kappa shape index (κ3) is 3.91. The third-order valence-electron chi connectivity index (χ3n) is 4.72. The molecule has 6 nitrogen and oxygen atoms in total. The number of methoxy groups -OCH3 is 2. The Morgan fingerprint density at radius 1 is 1.07 bits per heavy atom. The van der Waals surface area contributed by atoms with E-state index in [-0.39, 0.29) is 5.56 Å². The van der Waals surface area contributed by atoms with Crippen LogP contribution >= 0.6 is 23.4 Å². The average molecular weight is 442 g/mol. The number of benzene rings is 2. The summed E-state index contributed by atoms with van der Waals surface area (Å²) in [6.07, 6.45) is 0. The maximum Gasteiger partial charge on any atom is 0.272 e. The van der Waals surface area contributed by atoms with Crippen LogP contribution in [0.1, 0.15) is 11.4 Å². The number of halogens is 1. The molecule has 2 aromatic carbocycles. The van der Waals surface area contributed by atoms with E-state index in [9.17, 15) is 4.79 Å². The summed E-state index contributed by atoms with van der Waals surface area (Å²) in [4.78, 5) is 18.5. The summed E-state index contributed by atoms with van der Waals surface area (Å²) >= 11 is 7.55. The summed E-state index contributed by atoms with van der Waals surface area (Å²) in [6, 6.07) is 14.8. The fourth-order valence-corrected chi connectivity index (χ4v) is 4.21. The maximum absolute atomic E-state index is 12.7. The molecular weight excluding hydrogens is 422 g/mol. The van der Waals surface area contributed by atoms with Gasteiger partial charge < -0.3 is 9.47 Å². The molecule has 0 saturated heterocycles. The topological polar surface area (TPSA) is 68.6 Å². The molecule has 0 aliphatic carbocycles. The molecule has 30 heavy (non-hydrogen) atoms. The Kier molecular flexibility index (Phi) is 5.74. The molecule has 0 bridgehead atoms. The molecule has 2 aromatic heterocycles. The number of thioether (sulfide) groups is 1. The van der Waals surface area contributed by atoms with Gasteiger partial charge in [-0.05, 0) is 48.9 Å². The molecule has 154 valence electrons. The van der Waals surface area contributed by atoms with E-state index >= 15 is 0 Å². The Labute approximate surface area is 182 Å². The number of fused-ring (bicyclic) bond motifs is 1. The molecule has 0 radical (unpaired) electrons. The minimum absolute atomic E-state index is 0.151. The Bertz CT molecular complexity index is 1270. The van der Waals surface area contributed by atoms with Gasteiger partial charge in [-0.2, -0.15) is 0 Å². The number of nitrogens with one attached hydrogen (secondary N) is 1. The molecule has 0 saturated carbocycles. The minimum Gasteiger partial charge on any atom is -0.493 e. The summed E-state index contributed by atoms with van der Waals surface area (Å²) in [5.74, 6) is 1.83. The van der Waals surface area contributed by atoms with Crippen molar-refractivity contribution in [3.8, 4) is 22.6 Å². The van der Waals surface area contributed by atoms with E-state index in [1.54, 1.807) is 32.0 Å². The highest BCUT2D eigenvalue weighted by Crippen LogP contribution is 2.35. The molecule has 2 heterocycles. The van der Waals surface area contributed by atoms with E-state index in [1.807, 2.05) is 49.4 Å². The number of aryl methyl sites for hydroxylation is 1. The second-order valence-electron chi connectivity index (χ2n) is 6.67. The summed E-state index contributed by atoms with van der Waals surface area (Å²) in [6.45, 7) is 1.92. The SMILES string of the molecule is COc1ccc(-c2c(C)[nH]n3c(=O)cc(CSc4ccc(Cl)cc4)nc23)cc1OC. The van der Waals surface area contributed by atoms with Gasteiger partial charge in [0.15, 0.2) is 17.1 Å². The fraction of sp³-hybridized carbons (Fsp3) is 0.182. The van der Waals surface area contributed by atoms with Gasteiger partial charge in [-0.1, -0.05) is 17.7 Å². The summed E-state index contributed by atoms with van der Waals surface area (Å²) in [5.41, 5.74) is 3.72. The molecule has 8 heteroatoms. The summed E-state index contributed by atoms with van der Waals surface area (Å²) < 4.78 is 12.2. The number of aromatic amines is 1. The highest BCUT2D eigenvalue weighted by Gasteiger charge is 2.17. The number of hydrogen-bond acceptors (Lipinski definition) is 5. The van der Waals surface area contributed by atoms with E-state index in [4.69, 9.17) is 26.1 Å². The lowest BCUT2D eigenvalue weighted by Crippen LogP contribution is -2.15. The van der Waals surface area contributed by atoms with E-state index < -0.39 is 0 Å². The Balaban J connectivity index is 1.75. The lowest BCUT2D eigenvalue weighted by Gasteiger charge is -2.09. The van der Waals surface area contributed by atoms with Gasteiger partial charge in [-0.3, -0.25) is 9.89 Å². The molecular formula is C22H20ClN3O3S. The zero-order valence-electron chi connectivity index (χ0n) is 16.7. The second kappa shape index (κ2) is 8.45. The normalized spacial score (nSPS) is 11.1. The predicted molar refractivity (Wildman–Crippen MR) is 120 cm³/mol. The Hall–Kier alpha value is -2.90. The van der Waals surface area contributed by atoms with Crippen LogP contribution in [0.2, 0.25) is 5.02 Å². The molecule has 4 rings (SSSR count). The van der Waals surface area contributed by atoms with Gasteiger partial charge in [0, 0.05) is 33.0 Å². The van der Waals surface area contributed by atoms with Gasteiger partial charge in [-0.15, -0.1) is 11.8 Å². The molecule has 0 aliphatic heterocycles. The molecule has 0 spiro atoms. The van der Waals surface area contributed by atoms with Crippen LogP contribution in [0.15, 0.2) is 58.2 Å². The van der Waals surface area contributed by atoms with E-state index in [0.29, 0.717) is 33.6 Å². The zero-order chi connectivity index (χ0) is 21.3. The van der Waals surface area contributed by atoms with Crippen molar-refractivity contribution < 1.29 is 9.47 Å². The van der Waals surface area contributed by atoms with Crippen LogP contribution in [0.25, 0.3) is 16.8 Å². The maximum atomic E-state index is 12.7. The molecule has 0 aliphatic rings. The van der Waals surface area contributed by atoms with Crippen molar-refractivity contribution in [2.24, 2.45) is 0 Å². The van der Waals surface area contributed by atoms with Gasteiger partial charge in [-0.25, -0.2) is 9.50 Å². The minimum atomic E-state index is -0.151. The predicted octanol–water partition coefficient (Wildman–Crippen LogP) is 4.96. The number of ether oxygens (including phenoxy) is 2. The standard InChI is InChI=1S/C22H20ClN3O3S/c1-13-21(14-4-9-18(28-2)19(10-14)29-3)22-24-16(11-20(27)26(22)25-13)12-30-17-7-5-15(23)6-8-17/h4-11,25H,12H2,1-3H3. The first kappa shape index (κ1) is 20.4. The number of rotatable bonds is 6. The van der Waals surface area contributed by atoms with Crippen molar-refractivity contribution in [2.45, 2.75) is 17.6 Å². The zero-order valence-corrected chi connectivity index (χ0v) is 18.3. The Morgan fingerprint density at radius 2 is 1.80 bits per heavy atom. The van der Waals surface area contributed by atoms with Gasteiger partial charge in [0.2, 0.25) is 0 Å². The first-order valence-electron chi connectivity index (χ1n) is 9.22. The molecule has 4 aromatic rings. The van der Waals surface area contributed by atoms with Crippen LogP contribution in [0.5, 0.6) is 11.5 Å². The highest BCUT2D eigenvalue weighted by atomic mass is 35.5. The summed E-state index contributed by atoms with van der Waals surface area (Å²) in [5, 5.41) is 3.81. The van der Waals surface area contributed by atoms with Crippen LogP contribution < -0.4 is 15.0 Å². The van der Waals surface area contributed by atoms with Crippen LogP contribution in [-0.2, 0) is 5.75 Å². The van der Waals surface area contributed by atoms with E-state index in [0.717, 1.165) is 21.7 Å². The lowest BCUT2D eigenvalue weighted by atomic mass is 10.1. The van der Waals surface area contributed by atoms with Gasteiger partial charge >= 0.3 is 0 Å². The first-order valence-corrected chi connectivity index (χ1v) is 10.6. The van der Waals surface area contributed by atoms with Crippen LogP contribution in [0, 0.1) is 6.92 Å². The van der Waals surface area contributed by atoms with Gasteiger partial charge in [0.05, 0.1) is 19.9 Å². The molecule has 1 N–H and O–H groups in total. The smallest absolute Gasteiger partial charge is 0.272 e. The van der Waals surface area contributed by atoms with Crippen molar-refractivity contribution >= 4 is 29.0 Å². The lowest BCUT2D eigenvalue weighted by molar-refractivity contribution is 0.355. The molecule has 0 atom stereocenters. The van der Waals surface area contributed by atoms with Crippen molar-refractivity contribution in [1.29, 1.82) is 0 Å². The second-order valence-corrected chi connectivity index (χ2v) is 8.15. The van der Waals surface area contributed by atoms with Crippen molar-refractivity contribution in [1.82, 2.24) is 14.6 Å². The molecule has 0 unspecified atom stereocenters. The third-order valence-corrected chi connectivity index (χ3v) is 6.02. The number of hydrogen-bond donors (Lipinski definition) is 1. The summed E-state index contributed by atoms with van der Waals surface area (Å²) in [7, 11) is 3.19. The molecule has 0 amide bonds. The average Bonchev–Trinajstić information content (AvgIpc) is 3.09. The van der Waals surface area contributed by atoms with E-state index in [2.05, 4.69) is 5.10 Å². The number of nitrogens with zero attached hydrogens (tertiary/aromatic N) is 2. The quantitative estimate of drug-likeness (QED) is 0.428. The van der Waals surface area contributed by atoms with Crippen LogP contribution in [-0.4, -0.2) is 28.8 Å². The Morgan fingerprint density at radius 3 is 2.50 bits per heavy atom. The van der Waals surface area contributed by atoms with Crippen molar-refractivity contribution in [3.05, 3.63) is 75.3 Å².